The van der Waals surface area contributed by atoms with Gasteiger partial charge in [0.2, 0.25) is 0 Å². The van der Waals surface area contributed by atoms with Crippen molar-refractivity contribution in [3.63, 3.8) is 0 Å². The van der Waals surface area contributed by atoms with Gasteiger partial charge < -0.3 is 4.74 Å². The first kappa shape index (κ1) is 24.5. The Bertz CT molecular complexity index is 1800. The van der Waals surface area contributed by atoms with Crippen molar-refractivity contribution >= 4 is 36.5 Å². The third kappa shape index (κ3) is 5.35. The maximum atomic E-state index is 13.1. The average Bonchev–Trinajstić information content (AvgIpc) is 3.31. The van der Waals surface area contributed by atoms with Crippen LogP contribution in [0.15, 0.2) is 107 Å². The van der Waals surface area contributed by atoms with Crippen LogP contribution in [-0.2, 0) is 26.5 Å². The van der Waals surface area contributed by atoms with Crippen LogP contribution in [0.3, 0.4) is 0 Å². The van der Waals surface area contributed by atoms with Crippen LogP contribution in [0.2, 0.25) is 0 Å². The molecule has 5 rings (SSSR count). The number of ether oxygens (including phenoxy) is 1. The molecule has 1 aromatic heterocycles. The smallest absolute Gasteiger partial charge is 0.263 e. The monoisotopic (exact) mass is 533 g/mol. The zero-order valence-electron chi connectivity index (χ0n) is 19.7. The van der Waals surface area contributed by atoms with E-state index in [0.717, 1.165) is 17.4 Å². The molecule has 0 saturated carbocycles. The molecule has 4 aromatic carbocycles. The Labute approximate surface area is 214 Å². The third-order valence-electron chi connectivity index (χ3n) is 5.71. The van der Waals surface area contributed by atoms with Gasteiger partial charge in [-0.25, -0.2) is 16.8 Å². The molecule has 0 aliphatic carbocycles. The lowest BCUT2D eigenvalue weighted by atomic mass is 10.1. The lowest BCUT2D eigenvalue weighted by Gasteiger charge is -2.11. The van der Waals surface area contributed by atoms with E-state index in [0.29, 0.717) is 29.0 Å². The number of benzene rings is 4. The molecule has 0 amide bonds. The SMILES string of the molecule is CS(=O)(=O)c1ccccc1S(=O)(=O)Nc1ccc2[nH]nc(-c3cccc(OCc4ccccc4)c3)c2c1. The maximum absolute atomic E-state index is 13.1. The standard InChI is InChI=1S/C27H23N3O5S2/c1-36(31,32)25-12-5-6-13-26(25)37(33,34)30-21-14-15-24-23(17-21)27(29-28-24)20-10-7-11-22(16-20)35-18-19-8-3-2-4-9-19/h2-17,30H,18H2,1H3,(H,28,29). The second kappa shape index (κ2) is 9.72. The minimum atomic E-state index is -4.18. The van der Waals surface area contributed by atoms with Crippen molar-refractivity contribution in [1.29, 1.82) is 0 Å². The van der Waals surface area contributed by atoms with Crippen molar-refractivity contribution < 1.29 is 21.6 Å². The quantitative estimate of drug-likeness (QED) is 0.289. The van der Waals surface area contributed by atoms with Crippen molar-refractivity contribution in [3.05, 3.63) is 103 Å². The number of fused-ring (bicyclic) bond motifs is 1. The first-order valence-corrected chi connectivity index (χ1v) is 14.7. The molecule has 5 aromatic rings. The van der Waals surface area contributed by atoms with E-state index in [1.807, 2.05) is 54.6 Å². The molecule has 0 aliphatic heterocycles. The fourth-order valence-corrected chi connectivity index (χ4v) is 6.64. The molecule has 1 heterocycles. The normalized spacial score (nSPS) is 11.9. The van der Waals surface area contributed by atoms with Gasteiger partial charge in [0.05, 0.1) is 10.4 Å². The van der Waals surface area contributed by atoms with Crippen LogP contribution < -0.4 is 9.46 Å². The molecule has 10 heteroatoms. The van der Waals surface area contributed by atoms with Crippen molar-refractivity contribution in [2.45, 2.75) is 16.4 Å². The van der Waals surface area contributed by atoms with Crippen LogP contribution in [0.1, 0.15) is 5.56 Å². The van der Waals surface area contributed by atoms with Gasteiger partial charge in [0.25, 0.3) is 10.0 Å². The lowest BCUT2D eigenvalue weighted by molar-refractivity contribution is 0.306. The number of hydrogen-bond donors (Lipinski definition) is 2. The highest BCUT2D eigenvalue weighted by Gasteiger charge is 2.24. The van der Waals surface area contributed by atoms with E-state index in [-0.39, 0.29) is 15.5 Å². The molecule has 0 spiro atoms. The minimum Gasteiger partial charge on any atom is -0.489 e. The van der Waals surface area contributed by atoms with Gasteiger partial charge in [-0.2, -0.15) is 5.10 Å². The molecule has 0 atom stereocenters. The molecule has 37 heavy (non-hydrogen) atoms. The van der Waals surface area contributed by atoms with Crippen LogP contribution >= 0.6 is 0 Å². The number of H-pyrrole nitrogens is 1. The number of nitrogens with one attached hydrogen (secondary N) is 2. The molecule has 0 fully saturated rings. The van der Waals surface area contributed by atoms with Crippen LogP contribution in [0.25, 0.3) is 22.2 Å². The second-order valence-electron chi connectivity index (χ2n) is 8.46. The minimum absolute atomic E-state index is 0.264. The summed E-state index contributed by atoms with van der Waals surface area (Å²) in [6.45, 7) is 0.423. The number of aromatic nitrogens is 2. The van der Waals surface area contributed by atoms with Gasteiger partial charge in [-0.3, -0.25) is 9.82 Å². The molecule has 0 radical (unpaired) electrons. The zero-order valence-corrected chi connectivity index (χ0v) is 21.4. The molecule has 0 bridgehead atoms. The first-order chi connectivity index (χ1) is 17.7. The summed E-state index contributed by atoms with van der Waals surface area (Å²) >= 11 is 0. The van der Waals surface area contributed by atoms with Crippen LogP contribution in [0, 0.1) is 0 Å². The summed E-state index contributed by atoms with van der Waals surface area (Å²) < 4.78 is 58.9. The fraction of sp³-hybridized carbons (Fsp3) is 0.0741. The van der Waals surface area contributed by atoms with Crippen LogP contribution in [-0.4, -0.2) is 33.3 Å². The maximum Gasteiger partial charge on any atom is 0.263 e. The highest BCUT2D eigenvalue weighted by molar-refractivity contribution is 7.95. The molecule has 2 N–H and O–H groups in total. The Hall–Kier alpha value is -4.15. The van der Waals surface area contributed by atoms with Gasteiger partial charge in [-0.15, -0.1) is 0 Å². The number of hydrogen-bond acceptors (Lipinski definition) is 6. The Morgan fingerprint density at radius 1 is 0.811 bits per heavy atom. The Kier molecular flexibility index (Phi) is 6.45. The number of anilines is 1. The topological polar surface area (TPSA) is 118 Å². The lowest BCUT2D eigenvalue weighted by Crippen LogP contribution is -2.16. The summed E-state index contributed by atoms with van der Waals surface area (Å²) in [6.07, 6.45) is 0.975. The van der Waals surface area contributed by atoms with Gasteiger partial charge in [-0.05, 0) is 48.0 Å². The number of sulfonamides is 1. The molecule has 0 saturated heterocycles. The van der Waals surface area contributed by atoms with Crippen molar-refractivity contribution in [2.75, 3.05) is 11.0 Å². The predicted molar refractivity (Wildman–Crippen MR) is 143 cm³/mol. The van der Waals surface area contributed by atoms with Crippen molar-refractivity contribution in [1.82, 2.24) is 10.2 Å². The molecule has 8 nitrogen and oxygen atoms in total. The average molecular weight is 534 g/mol. The first-order valence-electron chi connectivity index (χ1n) is 11.3. The second-order valence-corrected chi connectivity index (χ2v) is 12.1. The number of aromatic amines is 1. The van der Waals surface area contributed by atoms with Gasteiger partial charge in [0.15, 0.2) is 9.84 Å². The van der Waals surface area contributed by atoms with Crippen LogP contribution in [0.5, 0.6) is 5.75 Å². The summed E-state index contributed by atoms with van der Waals surface area (Å²) in [4.78, 5) is -0.576. The molecule has 0 unspecified atom stereocenters. The van der Waals surface area contributed by atoms with Gasteiger partial charge in [-0.1, -0.05) is 54.6 Å². The number of nitrogens with zero attached hydrogens (tertiary/aromatic N) is 1. The van der Waals surface area contributed by atoms with E-state index in [2.05, 4.69) is 14.9 Å². The van der Waals surface area contributed by atoms with E-state index in [1.54, 1.807) is 18.2 Å². The summed E-state index contributed by atoms with van der Waals surface area (Å²) in [5, 5.41) is 8.09. The van der Waals surface area contributed by atoms with Crippen molar-refractivity contribution in [3.8, 4) is 17.0 Å². The number of sulfone groups is 1. The Morgan fingerprint density at radius 2 is 1.54 bits per heavy atom. The van der Waals surface area contributed by atoms with E-state index in [9.17, 15) is 16.8 Å². The Morgan fingerprint density at radius 3 is 2.30 bits per heavy atom. The summed E-state index contributed by atoms with van der Waals surface area (Å²) in [5.74, 6) is 0.673. The van der Waals surface area contributed by atoms with Gasteiger partial charge in [0.1, 0.15) is 22.9 Å². The van der Waals surface area contributed by atoms with E-state index in [4.69, 9.17) is 4.74 Å². The highest BCUT2D eigenvalue weighted by atomic mass is 32.2. The van der Waals surface area contributed by atoms with Gasteiger partial charge in [0, 0.05) is 22.9 Å². The third-order valence-corrected chi connectivity index (χ3v) is 8.43. The summed E-state index contributed by atoms with van der Waals surface area (Å²) in [6, 6.07) is 27.8. The van der Waals surface area contributed by atoms with E-state index in [1.165, 1.54) is 24.3 Å². The highest BCUT2D eigenvalue weighted by Crippen LogP contribution is 2.32. The van der Waals surface area contributed by atoms with E-state index >= 15 is 0 Å². The predicted octanol–water partition coefficient (Wildman–Crippen LogP) is 5.01. The van der Waals surface area contributed by atoms with Gasteiger partial charge >= 0.3 is 0 Å². The molecule has 0 aliphatic rings. The fourth-order valence-electron chi connectivity index (χ4n) is 3.96. The van der Waals surface area contributed by atoms with Crippen molar-refractivity contribution in [2.24, 2.45) is 0 Å². The van der Waals surface area contributed by atoms with E-state index < -0.39 is 19.9 Å². The molecular weight excluding hydrogens is 510 g/mol. The Balaban J connectivity index is 1.45. The summed E-state index contributed by atoms with van der Waals surface area (Å²) in [7, 11) is -7.93. The molecular formula is C27H23N3O5S2. The summed E-state index contributed by atoms with van der Waals surface area (Å²) in [5.41, 5.74) is 3.45. The molecule has 188 valence electrons. The zero-order chi connectivity index (χ0) is 26.0. The van der Waals surface area contributed by atoms with Crippen LogP contribution in [0.4, 0.5) is 5.69 Å². The largest absolute Gasteiger partial charge is 0.489 e. The number of rotatable bonds is 8.